The number of thiazole rings is 1. The van der Waals surface area contributed by atoms with Gasteiger partial charge in [0.05, 0.1) is 22.1 Å². The van der Waals surface area contributed by atoms with Crippen LogP contribution < -0.4 is 10.1 Å². The predicted molar refractivity (Wildman–Crippen MR) is 135 cm³/mol. The number of rotatable bonds is 8. The van der Waals surface area contributed by atoms with Crippen molar-refractivity contribution in [3.05, 3.63) is 48.9 Å². The third-order valence-electron chi connectivity index (χ3n) is 6.42. The van der Waals surface area contributed by atoms with E-state index in [2.05, 4.69) is 35.3 Å². The molecule has 1 saturated carbocycles. The molecule has 1 N–H and O–H groups in total. The van der Waals surface area contributed by atoms with Gasteiger partial charge in [-0.3, -0.25) is 9.67 Å². The highest BCUT2D eigenvalue weighted by molar-refractivity contribution is 7.22. The van der Waals surface area contributed by atoms with Crippen molar-refractivity contribution in [2.75, 3.05) is 5.32 Å². The summed E-state index contributed by atoms with van der Waals surface area (Å²) in [7, 11) is 0. The Morgan fingerprint density at radius 2 is 2.00 bits per heavy atom. The second-order valence-corrected chi connectivity index (χ2v) is 9.98. The van der Waals surface area contributed by atoms with E-state index < -0.39 is 0 Å². The van der Waals surface area contributed by atoms with Gasteiger partial charge in [-0.2, -0.15) is 5.10 Å². The van der Waals surface area contributed by atoms with Crippen LogP contribution in [0.1, 0.15) is 52.4 Å². The van der Waals surface area contributed by atoms with Crippen LogP contribution in [-0.2, 0) is 6.54 Å². The lowest BCUT2D eigenvalue weighted by Gasteiger charge is -2.28. The van der Waals surface area contributed by atoms with Gasteiger partial charge in [0.15, 0.2) is 5.13 Å². The van der Waals surface area contributed by atoms with E-state index in [4.69, 9.17) is 9.72 Å². The monoisotopic (exact) mass is 461 g/mol. The molecule has 0 radical (unpaired) electrons. The third kappa shape index (κ3) is 5.19. The maximum atomic E-state index is 6.18. The molecule has 4 aromatic rings. The molecule has 33 heavy (non-hydrogen) atoms. The van der Waals surface area contributed by atoms with Gasteiger partial charge in [0.2, 0.25) is 0 Å². The number of benzene rings is 1. The number of hydrogen-bond acceptors (Lipinski definition) is 6. The molecule has 7 heteroatoms. The predicted octanol–water partition coefficient (Wildman–Crippen LogP) is 7.14. The van der Waals surface area contributed by atoms with E-state index in [1.54, 1.807) is 17.5 Å². The van der Waals surface area contributed by atoms with Crippen molar-refractivity contribution >= 4 is 26.7 Å². The zero-order chi connectivity index (χ0) is 22.6. The Hall–Kier alpha value is -2.93. The Balaban J connectivity index is 1.29. The van der Waals surface area contributed by atoms with Crippen LogP contribution in [-0.4, -0.2) is 25.8 Å². The molecular formula is C26H31N5OS. The first-order valence-corrected chi connectivity index (χ1v) is 12.8. The number of anilines is 1. The fraction of sp³-hybridized carbons (Fsp3) is 0.423. The highest BCUT2D eigenvalue weighted by atomic mass is 32.1. The van der Waals surface area contributed by atoms with E-state index in [0.29, 0.717) is 6.04 Å². The lowest BCUT2D eigenvalue weighted by Crippen LogP contribution is -2.27. The van der Waals surface area contributed by atoms with Crippen LogP contribution in [0.2, 0.25) is 0 Å². The van der Waals surface area contributed by atoms with Crippen molar-refractivity contribution in [3.63, 3.8) is 0 Å². The molecule has 5 rings (SSSR count). The number of nitrogens with one attached hydrogen (secondary N) is 1. The van der Waals surface area contributed by atoms with Crippen LogP contribution >= 0.6 is 11.3 Å². The van der Waals surface area contributed by atoms with Gasteiger partial charge in [-0.05, 0) is 50.3 Å². The minimum Gasteiger partial charge on any atom is -0.457 e. The largest absolute Gasteiger partial charge is 0.457 e. The van der Waals surface area contributed by atoms with Gasteiger partial charge >= 0.3 is 0 Å². The molecule has 1 aromatic carbocycles. The van der Waals surface area contributed by atoms with Crippen LogP contribution in [0.4, 0.5) is 5.13 Å². The van der Waals surface area contributed by atoms with Crippen molar-refractivity contribution < 1.29 is 4.74 Å². The molecule has 0 aliphatic heterocycles. The second kappa shape index (κ2) is 9.91. The van der Waals surface area contributed by atoms with E-state index >= 15 is 0 Å². The van der Waals surface area contributed by atoms with Gasteiger partial charge in [0, 0.05) is 42.7 Å². The summed E-state index contributed by atoms with van der Waals surface area (Å²) < 4.78 is 9.25. The molecule has 1 atom stereocenters. The third-order valence-corrected chi connectivity index (χ3v) is 7.37. The normalized spacial score (nSPS) is 15.6. The first kappa shape index (κ1) is 21.9. The number of ether oxygens (including phenoxy) is 1. The zero-order valence-electron chi connectivity index (χ0n) is 19.3. The SMILES string of the molecule is CCCn1cc(-c2cc(Oc3ccc4nc(NC(C)C5CCCCC5)sc4c3)ccn2)cn1. The Morgan fingerprint density at radius 3 is 2.85 bits per heavy atom. The fourth-order valence-corrected chi connectivity index (χ4v) is 5.58. The number of pyridine rings is 1. The molecule has 0 spiro atoms. The van der Waals surface area contributed by atoms with Gasteiger partial charge in [-0.15, -0.1) is 0 Å². The van der Waals surface area contributed by atoms with E-state index in [1.165, 1.54) is 32.1 Å². The number of fused-ring (bicyclic) bond motifs is 1. The quantitative estimate of drug-likeness (QED) is 0.302. The number of hydrogen-bond donors (Lipinski definition) is 1. The first-order valence-electron chi connectivity index (χ1n) is 12.0. The summed E-state index contributed by atoms with van der Waals surface area (Å²) in [5.41, 5.74) is 2.86. The van der Waals surface area contributed by atoms with Crippen LogP contribution in [0.5, 0.6) is 11.5 Å². The molecule has 3 heterocycles. The standard InChI is InChI=1S/C26H31N5OS/c1-3-13-31-17-20(16-28-31)24-14-22(11-12-27-24)32-21-9-10-23-25(15-21)33-26(30-23)29-18(2)19-7-5-4-6-8-19/h9-12,14-19H,3-8,13H2,1-2H3,(H,29,30). The molecule has 0 amide bonds. The molecule has 172 valence electrons. The van der Waals surface area contributed by atoms with Gasteiger partial charge in [-0.25, -0.2) is 4.98 Å². The number of aromatic nitrogens is 4. The van der Waals surface area contributed by atoms with Crippen LogP contribution in [0, 0.1) is 5.92 Å². The van der Waals surface area contributed by atoms with Crippen LogP contribution in [0.3, 0.4) is 0 Å². The summed E-state index contributed by atoms with van der Waals surface area (Å²) in [5.74, 6) is 2.31. The summed E-state index contributed by atoms with van der Waals surface area (Å²) in [6.07, 6.45) is 13.5. The first-order chi connectivity index (χ1) is 16.2. The van der Waals surface area contributed by atoms with E-state index in [-0.39, 0.29) is 0 Å². The van der Waals surface area contributed by atoms with Gasteiger partial charge < -0.3 is 10.1 Å². The Bertz CT molecular complexity index is 1210. The lowest BCUT2D eigenvalue weighted by molar-refractivity contribution is 0.328. The average Bonchev–Trinajstić information content (AvgIpc) is 3.46. The topological polar surface area (TPSA) is 64.9 Å². The highest BCUT2D eigenvalue weighted by Gasteiger charge is 2.21. The summed E-state index contributed by atoms with van der Waals surface area (Å²) in [5, 5.41) is 9.06. The van der Waals surface area contributed by atoms with Crippen molar-refractivity contribution in [2.45, 2.75) is 65.0 Å². The highest BCUT2D eigenvalue weighted by Crippen LogP contribution is 2.34. The van der Waals surface area contributed by atoms with E-state index in [9.17, 15) is 0 Å². The number of nitrogens with zero attached hydrogens (tertiary/aromatic N) is 4. The molecule has 1 fully saturated rings. The molecule has 6 nitrogen and oxygen atoms in total. The Kier molecular flexibility index (Phi) is 6.58. The summed E-state index contributed by atoms with van der Waals surface area (Å²) >= 11 is 1.70. The van der Waals surface area contributed by atoms with Crippen molar-refractivity contribution in [3.8, 4) is 22.8 Å². The summed E-state index contributed by atoms with van der Waals surface area (Å²) in [6.45, 7) is 5.34. The average molecular weight is 462 g/mol. The molecule has 1 aliphatic carbocycles. The molecule has 3 aromatic heterocycles. The molecule has 0 bridgehead atoms. The van der Waals surface area contributed by atoms with Gasteiger partial charge in [0.1, 0.15) is 11.5 Å². The molecule has 1 unspecified atom stereocenters. The second-order valence-electron chi connectivity index (χ2n) is 8.95. The smallest absolute Gasteiger partial charge is 0.184 e. The maximum absolute atomic E-state index is 6.18. The minimum atomic E-state index is 0.457. The molecule has 0 saturated heterocycles. The van der Waals surface area contributed by atoms with Crippen LogP contribution in [0.25, 0.3) is 21.5 Å². The summed E-state index contributed by atoms with van der Waals surface area (Å²) in [6, 6.07) is 10.4. The van der Waals surface area contributed by atoms with Crippen molar-refractivity contribution in [2.24, 2.45) is 5.92 Å². The minimum absolute atomic E-state index is 0.457. The zero-order valence-corrected chi connectivity index (χ0v) is 20.1. The number of aryl methyl sites for hydroxylation is 1. The molecular weight excluding hydrogens is 430 g/mol. The fourth-order valence-electron chi connectivity index (χ4n) is 4.59. The van der Waals surface area contributed by atoms with E-state index in [1.807, 2.05) is 41.3 Å². The van der Waals surface area contributed by atoms with Gasteiger partial charge in [0.25, 0.3) is 0 Å². The van der Waals surface area contributed by atoms with E-state index in [0.717, 1.165) is 57.0 Å². The Labute approximate surface area is 199 Å². The van der Waals surface area contributed by atoms with Crippen LogP contribution in [0.15, 0.2) is 48.9 Å². The lowest BCUT2D eigenvalue weighted by atomic mass is 9.85. The van der Waals surface area contributed by atoms with Gasteiger partial charge in [-0.1, -0.05) is 37.5 Å². The summed E-state index contributed by atoms with van der Waals surface area (Å²) in [4.78, 5) is 9.29. The van der Waals surface area contributed by atoms with Crippen molar-refractivity contribution in [1.82, 2.24) is 19.7 Å². The van der Waals surface area contributed by atoms with Crippen molar-refractivity contribution in [1.29, 1.82) is 0 Å². The Morgan fingerprint density at radius 1 is 1.15 bits per heavy atom. The maximum Gasteiger partial charge on any atom is 0.184 e. The molecule has 1 aliphatic rings.